The molecule has 1 aromatic carbocycles. The lowest BCUT2D eigenvalue weighted by atomic mass is 10.0. The Labute approximate surface area is 113 Å². The summed E-state index contributed by atoms with van der Waals surface area (Å²) in [5.74, 6) is -0.229. The van der Waals surface area contributed by atoms with Gasteiger partial charge in [-0.25, -0.2) is 0 Å². The van der Waals surface area contributed by atoms with E-state index in [2.05, 4.69) is 21.2 Å². The van der Waals surface area contributed by atoms with Gasteiger partial charge in [-0.15, -0.1) is 12.4 Å². The molecule has 0 bridgehead atoms. The topological polar surface area (TPSA) is 75.4 Å². The van der Waals surface area contributed by atoms with Gasteiger partial charge >= 0.3 is 5.69 Å². The first-order valence-corrected chi connectivity index (χ1v) is 5.79. The highest BCUT2D eigenvalue weighted by molar-refractivity contribution is 9.10. The van der Waals surface area contributed by atoms with E-state index < -0.39 is 4.92 Å². The van der Waals surface area contributed by atoms with Crippen LogP contribution in [0.1, 0.15) is 24.4 Å². The van der Waals surface area contributed by atoms with Crippen LogP contribution < -0.4 is 5.32 Å². The molecule has 0 saturated carbocycles. The highest BCUT2D eigenvalue weighted by atomic mass is 79.9. The van der Waals surface area contributed by atoms with Crippen molar-refractivity contribution < 1.29 is 10.0 Å². The van der Waals surface area contributed by atoms with Gasteiger partial charge in [0, 0.05) is 22.1 Å². The molecule has 2 N–H and O–H groups in total. The van der Waals surface area contributed by atoms with Gasteiger partial charge in [0.05, 0.1) is 4.92 Å². The highest BCUT2D eigenvalue weighted by Crippen LogP contribution is 2.39. The van der Waals surface area contributed by atoms with Crippen LogP contribution >= 0.6 is 28.3 Å². The number of phenolic OH excluding ortho intramolecular Hbond substituents is 1. The number of aromatic hydroxyl groups is 1. The summed E-state index contributed by atoms with van der Waals surface area (Å²) in [7, 11) is 0. The Bertz CT molecular complexity index is 436. The zero-order valence-corrected chi connectivity index (χ0v) is 11.3. The molecule has 0 aromatic heterocycles. The van der Waals surface area contributed by atoms with Gasteiger partial charge in [-0.2, -0.15) is 0 Å². The average molecular weight is 324 g/mol. The van der Waals surface area contributed by atoms with Crippen molar-refractivity contribution in [2.45, 2.75) is 18.9 Å². The number of nitro benzene ring substituents is 1. The van der Waals surface area contributed by atoms with Crippen molar-refractivity contribution >= 4 is 34.0 Å². The molecule has 1 saturated heterocycles. The summed E-state index contributed by atoms with van der Waals surface area (Å²) in [5, 5.41) is 23.8. The molecule has 94 valence electrons. The molecular formula is C10H12BrClN2O3. The van der Waals surface area contributed by atoms with Gasteiger partial charge in [0.15, 0.2) is 5.75 Å². The lowest BCUT2D eigenvalue weighted by Crippen LogP contribution is -2.13. The molecule has 1 atom stereocenters. The van der Waals surface area contributed by atoms with E-state index in [1.165, 1.54) is 6.07 Å². The second-order valence-electron chi connectivity index (χ2n) is 3.77. The van der Waals surface area contributed by atoms with E-state index in [0.717, 1.165) is 19.4 Å². The maximum Gasteiger partial charge on any atom is 0.312 e. The fourth-order valence-corrected chi connectivity index (χ4v) is 2.42. The number of benzene rings is 1. The van der Waals surface area contributed by atoms with Crippen molar-refractivity contribution in [2.75, 3.05) is 6.54 Å². The Balaban J connectivity index is 0.00000144. The average Bonchev–Trinajstić information content (AvgIpc) is 2.73. The molecule has 0 unspecified atom stereocenters. The Hall–Kier alpha value is -0.850. The van der Waals surface area contributed by atoms with Crippen LogP contribution in [-0.4, -0.2) is 16.6 Å². The van der Waals surface area contributed by atoms with Crippen molar-refractivity contribution in [3.63, 3.8) is 0 Å². The molecule has 1 aliphatic rings. The first-order chi connectivity index (χ1) is 7.59. The number of nitro groups is 1. The maximum absolute atomic E-state index is 10.7. The van der Waals surface area contributed by atoms with Crippen molar-refractivity contribution in [1.29, 1.82) is 0 Å². The molecule has 0 spiro atoms. The van der Waals surface area contributed by atoms with Crippen LogP contribution in [-0.2, 0) is 0 Å². The molecule has 1 heterocycles. The fourth-order valence-electron chi connectivity index (χ4n) is 1.96. The van der Waals surface area contributed by atoms with E-state index in [1.54, 1.807) is 6.07 Å². The highest BCUT2D eigenvalue weighted by Gasteiger charge is 2.25. The predicted molar refractivity (Wildman–Crippen MR) is 69.7 cm³/mol. The van der Waals surface area contributed by atoms with Crippen LogP contribution in [0.5, 0.6) is 5.75 Å². The molecular weight excluding hydrogens is 311 g/mol. The predicted octanol–water partition coefficient (Wildman–Crippen LogP) is 2.91. The molecule has 1 aromatic rings. The van der Waals surface area contributed by atoms with Crippen LogP contribution in [0.2, 0.25) is 0 Å². The zero-order chi connectivity index (χ0) is 11.7. The minimum Gasteiger partial charge on any atom is -0.502 e. The van der Waals surface area contributed by atoms with Gasteiger partial charge in [0.1, 0.15) is 0 Å². The third kappa shape index (κ3) is 2.88. The van der Waals surface area contributed by atoms with Crippen LogP contribution in [0.15, 0.2) is 16.6 Å². The zero-order valence-electron chi connectivity index (χ0n) is 8.85. The number of halogens is 2. The summed E-state index contributed by atoms with van der Waals surface area (Å²) in [6.45, 7) is 0.879. The number of nitrogens with one attached hydrogen (secondary N) is 1. The van der Waals surface area contributed by atoms with Crippen LogP contribution in [0.3, 0.4) is 0 Å². The third-order valence-electron chi connectivity index (χ3n) is 2.72. The van der Waals surface area contributed by atoms with Crippen molar-refractivity contribution in [2.24, 2.45) is 0 Å². The number of rotatable bonds is 2. The molecule has 17 heavy (non-hydrogen) atoms. The van der Waals surface area contributed by atoms with E-state index in [4.69, 9.17) is 0 Å². The van der Waals surface area contributed by atoms with E-state index in [0.29, 0.717) is 10.0 Å². The number of nitrogens with zero attached hydrogens (tertiary/aromatic N) is 1. The van der Waals surface area contributed by atoms with Crippen LogP contribution in [0.4, 0.5) is 5.69 Å². The number of hydrogen-bond acceptors (Lipinski definition) is 4. The van der Waals surface area contributed by atoms with Gasteiger partial charge in [0.25, 0.3) is 0 Å². The normalized spacial score (nSPS) is 18.8. The Morgan fingerprint density at radius 3 is 2.76 bits per heavy atom. The van der Waals surface area contributed by atoms with E-state index in [9.17, 15) is 15.2 Å². The van der Waals surface area contributed by atoms with Gasteiger partial charge in [-0.3, -0.25) is 10.1 Å². The Kier molecular flexibility index (Phi) is 4.73. The molecule has 1 fully saturated rings. The van der Waals surface area contributed by atoms with Gasteiger partial charge in [-0.05, 0) is 25.5 Å². The van der Waals surface area contributed by atoms with Crippen molar-refractivity contribution in [3.05, 3.63) is 32.3 Å². The van der Waals surface area contributed by atoms with Crippen molar-refractivity contribution in [3.8, 4) is 5.75 Å². The van der Waals surface area contributed by atoms with Gasteiger partial charge < -0.3 is 10.4 Å². The largest absolute Gasteiger partial charge is 0.502 e. The maximum atomic E-state index is 10.7. The molecule has 2 rings (SSSR count). The van der Waals surface area contributed by atoms with Crippen molar-refractivity contribution in [1.82, 2.24) is 5.32 Å². The minimum absolute atomic E-state index is 0. The standard InChI is InChI=1S/C10H11BrN2O3.ClH/c11-6-4-7(8-2-1-3-12-8)10(14)9(5-6)13(15)16;/h4-5,8,12,14H,1-3H2;1H/t8-;/m1./s1. The first kappa shape index (κ1) is 14.2. The second-order valence-corrected chi connectivity index (χ2v) is 4.68. The van der Waals surface area contributed by atoms with Crippen LogP contribution in [0.25, 0.3) is 0 Å². The van der Waals surface area contributed by atoms with Crippen LogP contribution in [0, 0.1) is 10.1 Å². The molecule has 1 aliphatic heterocycles. The molecule has 0 aliphatic carbocycles. The molecule has 0 amide bonds. The first-order valence-electron chi connectivity index (χ1n) is 5.00. The van der Waals surface area contributed by atoms with Gasteiger partial charge in [-0.1, -0.05) is 15.9 Å². The molecule has 0 radical (unpaired) electrons. The minimum atomic E-state index is -0.571. The monoisotopic (exact) mass is 322 g/mol. The summed E-state index contributed by atoms with van der Waals surface area (Å²) in [6, 6.07) is 3.05. The fraction of sp³-hybridized carbons (Fsp3) is 0.400. The molecule has 7 heteroatoms. The summed E-state index contributed by atoms with van der Waals surface area (Å²) in [5.41, 5.74) is 0.344. The molecule has 5 nitrogen and oxygen atoms in total. The summed E-state index contributed by atoms with van der Waals surface area (Å²) in [6.07, 6.45) is 1.91. The lowest BCUT2D eigenvalue weighted by molar-refractivity contribution is -0.386. The van der Waals surface area contributed by atoms with E-state index >= 15 is 0 Å². The smallest absolute Gasteiger partial charge is 0.312 e. The van der Waals surface area contributed by atoms with E-state index in [-0.39, 0.29) is 29.9 Å². The van der Waals surface area contributed by atoms with Gasteiger partial charge in [0.2, 0.25) is 0 Å². The second kappa shape index (κ2) is 5.66. The quantitative estimate of drug-likeness (QED) is 0.648. The van der Waals surface area contributed by atoms with E-state index in [1.807, 2.05) is 0 Å². The Morgan fingerprint density at radius 2 is 2.24 bits per heavy atom. The SMILES string of the molecule is Cl.O=[N+]([O-])c1cc(Br)cc([C@H]2CCCN2)c1O. The lowest BCUT2D eigenvalue weighted by Gasteiger charge is -2.12. The number of phenols is 1. The third-order valence-corrected chi connectivity index (χ3v) is 3.17. The summed E-state index contributed by atoms with van der Waals surface area (Å²) >= 11 is 3.22. The number of hydrogen-bond donors (Lipinski definition) is 2. The summed E-state index contributed by atoms with van der Waals surface area (Å²) < 4.78 is 0.612. The summed E-state index contributed by atoms with van der Waals surface area (Å²) in [4.78, 5) is 10.2. The Morgan fingerprint density at radius 1 is 1.53 bits per heavy atom.